The fourth-order valence-corrected chi connectivity index (χ4v) is 5.04. The first kappa shape index (κ1) is 15.3. The average Bonchev–Trinajstić information content (AvgIpc) is 2.82. The van der Waals surface area contributed by atoms with Gasteiger partial charge in [-0.2, -0.15) is 0 Å². The van der Waals surface area contributed by atoms with E-state index in [1.54, 1.807) is 18.2 Å². The van der Waals surface area contributed by atoms with Crippen molar-refractivity contribution in [3.05, 3.63) is 23.2 Å². The maximum absolute atomic E-state index is 12.5. The van der Waals surface area contributed by atoms with Crippen LogP contribution in [0.4, 0.5) is 5.69 Å². The fraction of sp³-hybridized carbons (Fsp3) is 0.625. The van der Waals surface area contributed by atoms with Crippen LogP contribution in [0.3, 0.4) is 0 Å². The molecule has 2 unspecified atom stereocenters. The van der Waals surface area contributed by atoms with Crippen LogP contribution in [0, 0.1) is 0 Å². The van der Waals surface area contributed by atoms with Crippen LogP contribution in [0.5, 0.6) is 0 Å². The molecule has 1 saturated heterocycles. The molecule has 1 spiro atoms. The number of ether oxygens (including phenoxy) is 1. The minimum atomic E-state index is -1.12. The van der Waals surface area contributed by atoms with E-state index in [2.05, 4.69) is 0 Å². The summed E-state index contributed by atoms with van der Waals surface area (Å²) < 4.78 is 18.8. The molecule has 1 heterocycles. The summed E-state index contributed by atoms with van der Waals surface area (Å²) in [4.78, 5) is 0.674. The first-order valence-corrected chi connectivity index (χ1v) is 9.39. The Morgan fingerprint density at radius 1 is 1.29 bits per heavy atom. The van der Waals surface area contributed by atoms with E-state index in [0.29, 0.717) is 21.4 Å². The van der Waals surface area contributed by atoms with E-state index in [1.165, 1.54) is 32.1 Å². The molecule has 5 heteroatoms. The highest BCUT2D eigenvalue weighted by molar-refractivity contribution is 7.85. The number of nitrogen functional groups attached to an aromatic ring is 1. The van der Waals surface area contributed by atoms with Crippen LogP contribution in [-0.2, 0) is 15.5 Å². The standard InChI is InChI=1S/C16H22ClNO2S/c17-12-4-5-15(14(18)10-12)21(19)11-13-6-9-16(20-13)7-2-1-3-8-16/h4-5,10,13H,1-3,6-9,11,18H2. The summed E-state index contributed by atoms with van der Waals surface area (Å²) in [5, 5.41) is 0.575. The van der Waals surface area contributed by atoms with Crippen LogP contribution in [0.15, 0.2) is 23.1 Å². The Bertz CT molecular complexity index is 543. The molecule has 3 nitrogen and oxygen atoms in total. The molecule has 3 rings (SSSR count). The third-order valence-corrected chi connectivity index (χ3v) is 6.43. The average molecular weight is 328 g/mol. The van der Waals surface area contributed by atoms with Crippen molar-refractivity contribution in [3.63, 3.8) is 0 Å². The van der Waals surface area contributed by atoms with Crippen molar-refractivity contribution in [1.82, 2.24) is 0 Å². The van der Waals surface area contributed by atoms with Gasteiger partial charge < -0.3 is 10.5 Å². The molecule has 0 aromatic heterocycles. The third kappa shape index (κ3) is 3.43. The van der Waals surface area contributed by atoms with Gasteiger partial charge in [-0.05, 0) is 43.9 Å². The van der Waals surface area contributed by atoms with Gasteiger partial charge in [0.25, 0.3) is 0 Å². The number of hydrogen-bond donors (Lipinski definition) is 1. The second-order valence-corrected chi connectivity index (χ2v) is 8.12. The van der Waals surface area contributed by atoms with Crippen LogP contribution in [0.2, 0.25) is 5.02 Å². The maximum Gasteiger partial charge on any atom is 0.0702 e. The highest BCUT2D eigenvalue weighted by Crippen LogP contribution is 2.42. The monoisotopic (exact) mass is 327 g/mol. The summed E-state index contributed by atoms with van der Waals surface area (Å²) in [6.07, 6.45) is 8.41. The third-order valence-electron chi connectivity index (χ3n) is 4.66. The van der Waals surface area contributed by atoms with Crippen LogP contribution in [0.25, 0.3) is 0 Å². The molecule has 1 aromatic rings. The summed E-state index contributed by atoms with van der Waals surface area (Å²) in [6.45, 7) is 0. The molecule has 1 aliphatic carbocycles. The normalized spacial score (nSPS) is 26.0. The SMILES string of the molecule is Nc1cc(Cl)ccc1S(=O)CC1CCC2(CCCCC2)O1. The summed E-state index contributed by atoms with van der Waals surface area (Å²) in [5.74, 6) is 0.535. The van der Waals surface area contributed by atoms with Gasteiger partial charge in [0.1, 0.15) is 0 Å². The van der Waals surface area contributed by atoms with E-state index in [1.807, 2.05) is 0 Å². The zero-order valence-electron chi connectivity index (χ0n) is 12.1. The Morgan fingerprint density at radius 2 is 2.05 bits per heavy atom. The Morgan fingerprint density at radius 3 is 2.76 bits per heavy atom. The predicted molar refractivity (Wildman–Crippen MR) is 87.1 cm³/mol. The molecule has 1 aliphatic heterocycles. The highest BCUT2D eigenvalue weighted by atomic mass is 35.5. The zero-order chi connectivity index (χ0) is 14.9. The first-order chi connectivity index (χ1) is 10.1. The molecule has 2 aliphatic rings. The van der Waals surface area contributed by atoms with Gasteiger partial charge in [-0.1, -0.05) is 30.9 Å². The smallest absolute Gasteiger partial charge is 0.0702 e. The molecule has 2 fully saturated rings. The van der Waals surface area contributed by atoms with Gasteiger partial charge in [-0.15, -0.1) is 0 Å². The van der Waals surface area contributed by atoms with Gasteiger partial charge in [-0.25, -0.2) is 0 Å². The number of anilines is 1. The molecule has 0 bridgehead atoms. The van der Waals surface area contributed by atoms with Crippen molar-refractivity contribution in [3.8, 4) is 0 Å². The van der Waals surface area contributed by atoms with E-state index in [9.17, 15) is 4.21 Å². The molecule has 21 heavy (non-hydrogen) atoms. The van der Waals surface area contributed by atoms with E-state index in [-0.39, 0.29) is 11.7 Å². The number of benzene rings is 1. The van der Waals surface area contributed by atoms with E-state index in [4.69, 9.17) is 22.1 Å². The molecule has 0 amide bonds. The van der Waals surface area contributed by atoms with Crippen LogP contribution in [0.1, 0.15) is 44.9 Å². The number of nitrogens with two attached hydrogens (primary N) is 1. The molecule has 0 radical (unpaired) electrons. The molecule has 1 saturated carbocycles. The second-order valence-electron chi connectivity index (χ2n) is 6.22. The van der Waals surface area contributed by atoms with Gasteiger partial charge in [0, 0.05) is 10.7 Å². The number of halogens is 1. The largest absolute Gasteiger partial charge is 0.398 e. The van der Waals surface area contributed by atoms with E-state index >= 15 is 0 Å². The van der Waals surface area contributed by atoms with Crippen molar-refractivity contribution in [2.75, 3.05) is 11.5 Å². The van der Waals surface area contributed by atoms with Crippen molar-refractivity contribution in [2.24, 2.45) is 0 Å². The number of rotatable bonds is 3. The molecule has 2 atom stereocenters. The maximum atomic E-state index is 12.5. The Labute approximate surface area is 133 Å². The summed E-state index contributed by atoms with van der Waals surface area (Å²) >= 11 is 5.89. The quantitative estimate of drug-likeness (QED) is 0.856. The summed E-state index contributed by atoms with van der Waals surface area (Å²) in [5.41, 5.74) is 6.50. The lowest BCUT2D eigenvalue weighted by Gasteiger charge is -2.33. The minimum Gasteiger partial charge on any atom is -0.398 e. The van der Waals surface area contributed by atoms with Crippen molar-refractivity contribution in [2.45, 2.75) is 61.5 Å². The van der Waals surface area contributed by atoms with Gasteiger partial charge in [0.15, 0.2) is 0 Å². The molecular formula is C16H22ClNO2S. The van der Waals surface area contributed by atoms with Crippen molar-refractivity contribution in [1.29, 1.82) is 0 Å². The van der Waals surface area contributed by atoms with Gasteiger partial charge in [0.2, 0.25) is 0 Å². The van der Waals surface area contributed by atoms with E-state index in [0.717, 1.165) is 12.8 Å². The van der Waals surface area contributed by atoms with Crippen molar-refractivity contribution < 1.29 is 8.95 Å². The van der Waals surface area contributed by atoms with Gasteiger partial charge in [-0.3, -0.25) is 4.21 Å². The molecule has 116 valence electrons. The highest BCUT2D eigenvalue weighted by Gasteiger charge is 2.41. The van der Waals surface area contributed by atoms with Gasteiger partial charge >= 0.3 is 0 Å². The topological polar surface area (TPSA) is 52.3 Å². The lowest BCUT2D eigenvalue weighted by atomic mass is 9.83. The van der Waals surface area contributed by atoms with Crippen LogP contribution >= 0.6 is 11.6 Å². The lowest BCUT2D eigenvalue weighted by Crippen LogP contribution is -2.32. The summed E-state index contributed by atoms with van der Waals surface area (Å²) in [6, 6.07) is 5.16. The zero-order valence-corrected chi connectivity index (χ0v) is 13.7. The second kappa shape index (κ2) is 6.27. The first-order valence-electron chi connectivity index (χ1n) is 7.69. The number of hydrogen-bond acceptors (Lipinski definition) is 3. The predicted octanol–water partition coefficient (Wildman–Crippen LogP) is 3.91. The Hall–Kier alpha value is -0.580. The Kier molecular flexibility index (Phi) is 4.57. The fourth-order valence-electron chi connectivity index (χ4n) is 3.56. The van der Waals surface area contributed by atoms with Gasteiger partial charge in [0.05, 0.1) is 33.2 Å². The molecule has 1 aromatic carbocycles. The summed E-state index contributed by atoms with van der Waals surface area (Å²) in [7, 11) is -1.12. The molecule has 2 N–H and O–H groups in total. The van der Waals surface area contributed by atoms with Crippen molar-refractivity contribution >= 4 is 28.1 Å². The minimum absolute atomic E-state index is 0.0820. The van der Waals surface area contributed by atoms with Crippen LogP contribution in [-0.4, -0.2) is 21.7 Å². The van der Waals surface area contributed by atoms with E-state index < -0.39 is 10.8 Å². The lowest BCUT2D eigenvalue weighted by molar-refractivity contribution is -0.0557. The Balaban J connectivity index is 1.63. The van der Waals surface area contributed by atoms with Crippen LogP contribution < -0.4 is 5.73 Å². The molecular weight excluding hydrogens is 306 g/mol.